The van der Waals surface area contributed by atoms with Crippen LogP contribution in [0.15, 0.2) is 53.5 Å². The molecule has 1 aliphatic heterocycles. The van der Waals surface area contributed by atoms with Crippen molar-refractivity contribution in [1.29, 1.82) is 0 Å². The highest BCUT2D eigenvalue weighted by molar-refractivity contribution is 6.45. The van der Waals surface area contributed by atoms with Crippen LogP contribution in [0.5, 0.6) is 0 Å². The molecule has 11 nitrogen and oxygen atoms in total. The Hall–Kier alpha value is -4.10. The van der Waals surface area contributed by atoms with Crippen LogP contribution < -0.4 is 21.6 Å². The monoisotopic (exact) mass is 645 g/mol. The molecule has 2 aliphatic rings. The van der Waals surface area contributed by atoms with E-state index in [9.17, 15) is 23.8 Å². The van der Waals surface area contributed by atoms with Crippen LogP contribution in [0.3, 0.4) is 0 Å². The minimum atomic E-state index is -0.804. The van der Waals surface area contributed by atoms with Gasteiger partial charge in [0.1, 0.15) is 11.9 Å². The van der Waals surface area contributed by atoms with Crippen LogP contribution in [0.2, 0.25) is 6.82 Å². The van der Waals surface area contributed by atoms with Gasteiger partial charge in [-0.05, 0) is 87.1 Å². The topological polar surface area (TPSA) is 147 Å². The molecule has 1 saturated heterocycles. The number of hydrogen-bond acceptors (Lipinski definition) is 5. The maximum Gasteiger partial charge on any atom is 0.373 e. The fourth-order valence-electron chi connectivity index (χ4n) is 7.55. The van der Waals surface area contributed by atoms with Crippen molar-refractivity contribution in [2.24, 2.45) is 11.8 Å². The number of nitrogens with zero attached hydrogens (tertiary/aromatic N) is 2. The molecule has 0 bridgehead atoms. The van der Waals surface area contributed by atoms with E-state index < -0.39 is 18.9 Å². The summed E-state index contributed by atoms with van der Waals surface area (Å²) in [4.78, 5) is 48.1. The quantitative estimate of drug-likeness (QED) is 0.144. The van der Waals surface area contributed by atoms with Crippen LogP contribution >= 0.6 is 0 Å². The molecular weight excluding hydrogens is 600 g/mol. The Morgan fingerprint density at radius 3 is 2.57 bits per heavy atom. The number of fused-ring (bicyclic) bond motifs is 2. The molecule has 1 aliphatic carbocycles. The van der Waals surface area contributed by atoms with Gasteiger partial charge in [-0.1, -0.05) is 31.5 Å². The van der Waals surface area contributed by atoms with Gasteiger partial charge in [-0.3, -0.25) is 9.36 Å². The predicted molar refractivity (Wildman–Crippen MR) is 182 cm³/mol. The van der Waals surface area contributed by atoms with Crippen LogP contribution in [0.4, 0.5) is 9.18 Å². The van der Waals surface area contributed by atoms with Crippen molar-refractivity contribution in [2.75, 3.05) is 26.2 Å². The lowest BCUT2D eigenvalue weighted by Gasteiger charge is -2.35. The van der Waals surface area contributed by atoms with E-state index in [2.05, 4.69) is 25.8 Å². The zero-order chi connectivity index (χ0) is 33.1. The number of H-pyrrole nitrogens is 2. The molecule has 2 aromatic carbocycles. The van der Waals surface area contributed by atoms with Crippen molar-refractivity contribution >= 4 is 40.9 Å². The van der Waals surface area contributed by atoms with Crippen molar-refractivity contribution in [3.8, 4) is 0 Å². The van der Waals surface area contributed by atoms with E-state index in [-0.39, 0.29) is 29.6 Å². The first-order valence-electron chi connectivity index (χ1n) is 16.9. The lowest BCUT2D eigenvalue weighted by atomic mass is 9.79. The maximum atomic E-state index is 13.9. The number of benzene rings is 2. The molecule has 4 aromatic rings. The summed E-state index contributed by atoms with van der Waals surface area (Å²) in [6.07, 6.45) is 7.21. The number of halogens is 1. The third kappa shape index (κ3) is 7.41. The Labute approximate surface area is 273 Å². The first-order chi connectivity index (χ1) is 22.7. The summed E-state index contributed by atoms with van der Waals surface area (Å²) in [5.41, 5.74) is 2.73. The SMILES string of the molecule is CB(O)NC[C@H]1CCC[C@@H](CNC(=O)[C@H](NC(=O)N2CCC(n3c(=O)[nH]c4cc(F)ccc43)CC2)[C@@H](C)c2c[nH]c3ccccc23)C1. The van der Waals surface area contributed by atoms with Gasteiger partial charge in [0.05, 0.1) is 11.0 Å². The number of urea groups is 1. The summed E-state index contributed by atoms with van der Waals surface area (Å²) in [5, 5.41) is 20.0. The van der Waals surface area contributed by atoms with Gasteiger partial charge in [0.15, 0.2) is 0 Å². The molecule has 6 N–H and O–H groups in total. The minimum absolute atomic E-state index is 0.134. The van der Waals surface area contributed by atoms with Crippen molar-refractivity contribution in [3.63, 3.8) is 0 Å². The largest absolute Gasteiger partial charge is 0.437 e. The number of aromatic amines is 2. The van der Waals surface area contributed by atoms with Gasteiger partial charge in [0.2, 0.25) is 5.91 Å². The van der Waals surface area contributed by atoms with Crippen LogP contribution in [0.25, 0.3) is 21.9 Å². The number of carbonyl (C=O) groups excluding carboxylic acids is 2. The summed E-state index contributed by atoms with van der Waals surface area (Å²) < 4.78 is 15.4. The summed E-state index contributed by atoms with van der Waals surface area (Å²) in [6, 6.07) is 10.9. The molecule has 4 atom stereocenters. The number of para-hydroxylation sites is 1. The Bertz CT molecular complexity index is 1760. The lowest BCUT2D eigenvalue weighted by molar-refractivity contribution is -0.123. The average molecular weight is 646 g/mol. The van der Waals surface area contributed by atoms with Crippen molar-refractivity contribution in [3.05, 3.63) is 70.5 Å². The first kappa shape index (κ1) is 32.8. The fourth-order valence-corrected chi connectivity index (χ4v) is 7.55. The molecule has 250 valence electrons. The standard InChI is InChI=1S/C34H45BFN7O4/c1-21(27-20-37-28-9-4-3-8-26(27)28)31(32(44)38-18-22-6-5-7-23(16-22)19-39-35(2)47)41-33(45)42-14-12-25(13-15-42)43-30-11-10-24(36)17-29(30)40-34(43)46/h3-4,8-11,17,20-23,25,31,37,39,47H,5-7,12-16,18-19H2,1-2H3,(H,38,44)(H,40,46)(H,41,45)/t21-,22+,23-,31+/m0/s1. The van der Waals surface area contributed by atoms with E-state index in [1.54, 1.807) is 22.4 Å². The Kier molecular flexibility index (Phi) is 10.0. The number of hydrogen-bond donors (Lipinski definition) is 6. The number of aromatic nitrogens is 3. The van der Waals surface area contributed by atoms with E-state index in [1.807, 2.05) is 37.4 Å². The number of amides is 3. The third-order valence-electron chi connectivity index (χ3n) is 10.1. The zero-order valence-electron chi connectivity index (χ0n) is 27.1. The molecule has 6 rings (SSSR count). The summed E-state index contributed by atoms with van der Waals surface area (Å²) in [5.74, 6) is -0.160. The smallest absolute Gasteiger partial charge is 0.373 e. The fraction of sp³-hybridized carbons (Fsp3) is 0.500. The molecule has 1 saturated carbocycles. The number of carbonyl (C=O) groups is 2. The molecule has 0 radical (unpaired) electrons. The molecular formula is C34H45BFN7O4. The molecule has 47 heavy (non-hydrogen) atoms. The average Bonchev–Trinajstić information content (AvgIpc) is 3.65. The van der Waals surface area contributed by atoms with Crippen molar-refractivity contribution in [2.45, 2.75) is 70.3 Å². The van der Waals surface area contributed by atoms with Gasteiger partial charge in [-0.25, -0.2) is 14.0 Å². The molecule has 13 heteroatoms. The Morgan fingerprint density at radius 1 is 1.06 bits per heavy atom. The van der Waals surface area contributed by atoms with E-state index in [4.69, 9.17) is 0 Å². The highest BCUT2D eigenvalue weighted by Crippen LogP contribution is 2.31. The van der Waals surface area contributed by atoms with Gasteiger partial charge in [-0.2, -0.15) is 0 Å². The summed E-state index contributed by atoms with van der Waals surface area (Å²) in [6.45, 7) is 5.80. The van der Waals surface area contributed by atoms with Crippen molar-refractivity contribution in [1.82, 2.24) is 35.3 Å². The molecule has 3 amide bonds. The summed E-state index contributed by atoms with van der Waals surface area (Å²) >= 11 is 0. The van der Waals surface area contributed by atoms with E-state index in [1.165, 1.54) is 12.1 Å². The van der Waals surface area contributed by atoms with Gasteiger partial charge < -0.3 is 35.8 Å². The number of piperidine rings is 1. The minimum Gasteiger partial charge on any atom is -0.437 e. The first-order valence-corrected chi connectivity index (χ1v) is 16.9. The van der Waals surface area contributed by atoms with Crippen LogP contribution in [0.1, 0.15) is 63.0 Å². The van der Waals surface area contributed by atoms with Crippen molar-refractivity contribution < 1.29 is 19.0 Å². The van der Waals surface area contributed by atoms with Crippen LogP contribution in [-0.4, -0.2) is 75.7 Å². The molecule has 2 aromatic heterocycles. The molecule has 3 heterocycles. The lowest BCUT2D eigenvalue weighted by Crippen LogP contribution is -2.55. The second-order valence-corrected chi connectivity index (χ2v) is 13.4. The van der Waals surface area contributed by atoms with Gasteiger partial charge in [0, 0.05) is 48.7 Å². The highest BCUT2D eigenvalue weighted by Gasteiger charge is 2.34. The number of imidazole rings is 1. The van der Waals surface area contributed by atoms with Gasteiger partial charge in [-0.15, -0.1) is 0 Å². The number of rotatable bonds is 10. The van der Waals surface area contributed by atoms with Gasteiger partial charge in [0.25, 0.3) is 0 Å². The highest BCUT2D eigenvalue weighted by atomic mass is 19.1. The van der Waals surface area contributed by atoms with E-state index in [0.29, 0.717) is 55.3 Å². The second kappa shape index (κ2) is 14.3. The summed E-state index contributed by atoms with van der Waals surface area (Å²) in [7, 11) is -0.543. The third-order valence-corrected chi connectivity index (χ3v) is 10.1. The molecule has 0 spiro atoms. The maximum absolute atomic E-state index is 13.9. The zero-order valence-corrected chi connectivity index (χ0v) is 27.1. The molecule has 0 unspecified atom stereocenters. The normalized spacial score (nSPS) is 20.3. The number of nitrogens with one attached hydrogen (secondary N) is 5. The molecule has 2 fully saturated rings. The number of likely N-dealkylation sites (tertiary alicyclic amines) is 1. The van der Waals surface area contributed by atoms with Crippen LogP contribution in [0, 0.1) is 17.7 Å². The second-order valence-electron chi connectivity index (χ2n) is 13.4. The Balaban J connectivity index is 1.13. The van der Waals surface area contributed by atoms with Crippen LogP contribution in [-0.2, 0) is 4.79 Å². The van der Waals surface area contributed by atoms with E-state index in [0.717, 1.165) is 48.7 Å². The Morgan fingerprint density at radius 2 is 1.81 bits per heavy atom. The predicted octanol–water partition coefficient (Wildman–Crippen LogP) is 4.09. The van der Waals surface area contributed by atoms with Gasteiger partial charge >= 0.3 is 18.8 Å². The van der Waals surface area contributed by atoms with E-state index >= 15 is 0 Å².